The van der Waals surface area contributed by atoms with Gasteiger partial charge >= 0.3 is 0 Å². The summed E-state index contributed by atoms with van der Waals surface area (Å²) in [6.07, 6.45) is 39.8. The summed E-state index contributed by atoms with van der Waals surface area (Å²) in [6, 6.07) is -0.631. The van der Waals surface area contributed by atoms with Crippen molar-refractivity contribution >= 4 is 5.91 Å². The lowest BCUT2D eigenvalue weighted by Gasteiger charge is -2.19. The third-order valence-electron chi connectivity index (χ3n) is 7.94. The molecule has 4 nitrogen and oxygen atoms in total. The van der Waals surface area contributed by atoms with Crippen molar-refractivity contribution in [1.29, 1.82) is 0 Å². The van der Waals surface area contributed by atoms with Crippen LogP contribution in [0.1, 0.15) is 181 Å². The van der Waals surface area contributed by atoms with Crippen molar-refractivity contribution in [2.45, 2.75) is 193 Å². The molecular weight excluding hydrogens is 494 g/mol. The van der Waals surface area contributed by atoms with Crippen LogP contribution in [0.15, 0.2) is 24.3 Å². The standard InChI is InChI=1S/C36H69NO3/c1-3-5-7-9-11-13-15-16-17-18-19-20-21-22-23-25-27-29-31-35(39)34(33-38)37-36(40)32-30-28-26-24-14-12-10-8-6-4-2/h22-23,29,31,34-35,38-39H,3-21,24-28,30,32-33H2,1-2H3,(H,37,40)/b23-22+,31-29+. The van der Waals surface area contributed by atoms with E-state index in [4.69, 9.17) is 0 Å². The van der Waals surface area contributed by atoms with E-state index in [9.17, 15) is 15.0 Å². The van der Waals surface area contributed by atoms with Gasteiger partial charge in [0.1, 0.15) is 0 Å². The molecule has 0 aromatic heterocycles. The first-order chi connectivity index (χ1) is 19.7. The van der Waals surface area contributed by atoms with Gasteiger partial charge in [-0.3, -0.25) is 4.79 Å². The fraction of sp³-hybridized carbons (Fsp3) is 0.861. The Kier molecular flexibility index (Phi) is 31.5. The van der Waals surface area contributed by atoms with E-state index < -0.39 is 12.1 Å². The van der Waals surface area contributed by atoms with Crippen molar-refractivity contribution in [2.75, 3.05) is 6.61 Å². The van der Waals surface area contributed by atoms with E-state index in [1.54, 1.807) is 6.08 Å². The number of aliphatic hydroxyl groups excluding tert-OH is 2. The van der Waals surface area contributed by atoms with Crippen molar-refractivity contribution < 1.29 is 15.0 Å². The Labute approximate surface area is 249 Å². The third kappa shape index (κ3) is 28.4. The van der Waals surface area contributed by atoms with Gasteiger partial charge in [0.2, 0.25) is 5.91 Å². The Morgan fingerprint density at radius 1 is 0.575 bits per heavy atom. The Morgan fingerprint density at radius 3 is 1.45 bits per heavy atom. The summed E-state index contributed by atoms with van der Waals surface area (Å²) in [6.45, 7) is 4.27. The van der Waals surface area contributed by atoms with Crippen molar-refractivity contribution in [3.05, 3.63) is 24.3 Å². The first kappa shape index (κ1) is 38.9. The topological polar surface area (TPSA) is 69.6 Å². The molecule has 0 bridgehead atoms. The number of carbonyl (C=O) groups is 1. The molecule has 0 aromatic carbocycles. The molecule has 40 heavy (non-hydrogen) atoms. The van der Waals surface area contributed by atoms with Crippen molar-refractivity contribution in [2.24, 2.45) is 0 Å². The van der Waals surface area contributed by atoms with Crippen LogP contribution >= 0.6 is 0 Å². The molecule has 0 radical (unpaired) electrons. The van der Waals surface area contributed by atoms with E-state index >= 15 is 0 Å². The average Bonchev–Trinajstić information content (AvgIpc) is 2.96. The number of rotatable bonds is 31. The number of aliphatic hydroxyl groups is 2. The van der Waals surface area contributed by atoms with Gasteiger partial charge in [0.05, 0.1) is 18.8 Å². The highest BCUT2D eigenvalue weighted by molar-refractivity contribution is 5.76. The SMILES string of the molecule is CCCCCCCCCCCCCC/C=C/CC/C=C/C(O)C(CO)NC(=O)CCCCCCCCCCCC. The number of nitrogens with one attached hydrogen (secondary N) is 1. The smallest absolute Gasteiger partial charge is 0.220 e. The zero-order chi connectivity index (χ0) is 29.4. The molecular formula is C36H69NO3. The molecule has 3 N–H and O–H groups in total. The molecule has 0 aliphatic heterocycles. The fourth-order valence-electron chi connectivity index (χ4n) is 5.19. The molecule has 0 heterocycles. The van der Waals surface area contributed by atoms with Crippen LogP contribution in [0.2, 0.25) is 0 Å². The molecule has 0 aliphatic carbocycles. The number of amides is 1. The van der Waals surface area contributed by atoms with Crippen LogP contribution in [-0.2, 0) is 4.79 Å². The third-order valence-corrected chi connectivity index (χ3v) is 7.94. The Morgan fingerprint density at radius 2 is 0.975 bits per heavy atom. The second kappa shape index (κ2) is 32.4. The van der Waals surface area contributed by atoms with Gasteiger partial charge in [-0.25, -0.2) is 0 Å². The summed E-state index contributed by atoms with van der Waals surface area (Å²) in [5, 5.41) is 22.8. The van der Waals surface area contributed by atoms with Gasteiger partial charge in [-0.05, 0) is 32.1 Å². The second-order valence-electron chi connectivity index (χ2n) is 11.9. The lowest BCUT2D eigenvalue weighted by molar-refractivity contribution is -0.123. The van der Waals surface area contributed by atoms with Crippen LogP contribution in [0.4, 0.5) is 0 Å². The minimum Gasteiger partial charge on any atom is -0.394 e. The quantitative estimate of drug-likeness (QED) is 0.0580. The van der Waals surface area contributed by atoms with Crippen LogP contribution in [0.25, 0.3) is 0 Å². The van der Waals surface area contributed by atoms with Crippen LogP contribution in [0, 0.1) is 0 Å². The van der Waals surface area contributed by atoms with Crippen LogP contribution < -0.4 is 5.32 Å². The van der Waals surface area contributed by atoms with Crippen LogP contribution in [0.3, 0.4) is 0 Å². The van der Waals surface area contributed by atoms with Gasteiger partial charge in [0.15, 0.2) is 0 Å². The number of carbonyl (C=O) groups excluding carboxylic acids is 1. The van der Waals surface area contributed by atoms with Crippen molar-refractivity contribution in [3.8, 4) is 0 Å². The maximum Gasteiger partial charge on any atom is 0.220 e. The Balaban J connectivity index is 3.66. The summed E-state index contributed by atoms with van der Waals surface area (Å²) in [5.41, 5.74) is 0. The highest BCUT2D eigenvalue weighted by atomic mass is 16.3. The fourth-order valence-corrected chi connectivity index (χ4v) is 5.19. The molecule has 236 valence electrons. The summed E-state index contributed by atoms with van der Waals surface area (Å²) < 4.78 is 0. The molecule has 0 rings (SSSR count). The normalized spacial score (nSPS) is 13.4. The Bertz CT molecular complexity index is 574. The van der Waals surface area contributed by atoms with Gasteiger partial charge in [0, 0.05) is 6.42 Å². The predicted molar refractivity (Wildman–Crippen MR) is 175 cm³/mol. The molecule has 4 heteroatoms. The number of unbranched alkanes of at least 4 members (excludes halogenated alkanes) is 22. The molecule has 0 saturated heterocycles. The maximum atomic E-state index is 12.2. The predicted octanol–water partition coefficient (Wildman–Crippen LogP) is 10.1. The maximum absolute atomic E-state index is 12.2. The molecule has 0 fully saturated rings. The van der Waals surface area contributed by atoms with Crippen molar-refractivity contribution in [3.63, 3.8) is 0 Å². The number of hydrogen-bond acceptors (Lipinski definition) is 3. The highest BCUT2D eigenvalue weighted by Crippen LogP contribution is 2.13. The van der Waals surface area contributed by atoms with E-state index in [0.717, 1.165) is 32.1 Å². The average molecular weight is 564 g/mol. The van der Waals surface area contributed by atoms with Gasteiger partial charge in [-0.1, -0.05) is 167 Å². The van der Waals surface area contributed by atoms with Gasteiger partial charge in [-0.15, -0.1) is 0 Å². The molecule has 0 aromatic rings. The van der Waals surface area contributed by atoms with E-state index in [-0.39, 0.29) is 12.5 Å². The van der Waals surface area contributed by atoms with Crippen LogP contribution in [-0.4, -0.2) is 34.9 Å². The van der Waals surface area contributed by atoms with E-state index in [1.807, 2.05) is 6.08 Å². The lowest BCUT2D eigenvalue weighted by atomic mass is 10.0. The van der Waals surface area contributed by atoms with E-state index in [2.05, 4.69) is 31.3 Å². The van der Waals surface area contributed by atoms with Gasteiger partial charge < -0.3 is 15.5 Å². The molecule has 1 amide bonds. The minimum absolute atomic E-state index is 0.0770. The molecule has 0 spiro atoms. The molecule has 0 aliphatic rings. The lowest BCUT2D eigenvalue weighted by Crippen LogP contribution is -2.45. The monoisotopic (exact) mass is 564 g/mol. The van der Waals surface area contributed by atoms with E-state index in [0.29, 0.717) is 6.42 Å². The summed E-state index contributed by atoms with van der Waals surface area (Å²) >= 11 is 0. The van der Waals surface area contributed by atoms with E-state index in [1.165, 1.54) is 128 Å². The van der Waals surface area contributed by atoms with Gasteiger partial charge in [-0.2, -0.15) is 0 Å². The highest BCUT2D eigenvalue weighted by Gasteiger charge is 2.17. The summed E-state index contributed by atoms with van der Waals surface area (Å²) in [7, 11) is 0. The van der Waals surface area contributed by atoms with Gasteiger partial charge in [0.25, 0.3) is 0 Å². The zero-order valence-corrected chi connectivity index (χ0v) is 26.9. The first-order valence-corrected chi connectivity index (χ1v) is 17.6. The molecule has 0 saturated carbocycles. The first-order valence-electron chi connectivity index (χ1n) is 17.6. The minimum atomic E-state index is -0.855. The number of hydrogen-bond donors (Lipinski definition) is 3. The molecule has 2 atom stereocenters. The largest absolute Gasteiger partial charge is 0.394 e. The number of allylic oxidation sites excluding steroid dienone is 3. The van der Waals surface area contributed by atoms with Crippen LogP contribution in [0.5, 0.6) is 0 Å². The Hall–Kier alpha value is -1.13. The molecule has 2 unspecified atom stereocenters. The zero-order valence-electron chi connectivity index (χ0n) is 26.9. The summed E-state index contributed by atoms with van der Waals surface area (Å²) in [5.74, 6) is -0.0770. The second-order valence-corrected chi connectivity index (χ2v) is 11.9. The van der Waals surface area contributed by atoms with Crippen molar-refractivity contribution in [1.82, 2.24) is 5.32 Å². The summed E-state index contributed by atoms with van der Waals surface area (Å²) in [4.78, 5) is 12.2.